The number of anilines is 2. The third-order valence-corrected chi connectivity index (χ3v) is 3.86. The summed E-state index contributed by atoms with van der Waals surface area (Å²) in [7, 11) is 3.17. The quantitative estimate of drug-likeness (QED) is 0.672. The number of hydrogen-bond acceptors (Lipinski definition) is 6. The molecule has 0 aliphatic rings. The van der Waals surface area contributed by atoms with Crippen molar-refractivity contribution in [2.45, 2.75) is 13.3 Å². The minimum Gasteiger partial charge on any atom is -0.465 e. The summed E-state index contributed by atoms with van der Waals surface area (Å²) in [5.74, 6) is 1.02. The number of methoxy groups -OCH3 is 1. The van der Waals surface area contributed by atoms with Gasteiger partial charge in [-0.3, -0.25) is 0 Å². The first-order chi connectivity index (χ1) is 12.2. The van der Waals surface area contributed by atoms with E-state index in [-0.39, 0.29) is 5.97 Å². The summed E-state index contributed by atoms with van der Waals surface area (Å²) in [6.07, 6.45) is 4.57. The third-order valence-electron chi connectivity index (χ3n) is 3.86. The molecular formula is C18H21N5O2. The Morgan fingerprint density at radius 1 is 1.28 bits per heavy atom. The number of nitrogens with zero attached hydrogens (tertiary/aromatic N) is 3. The van der Waals surface area contributed by atoms with E-state index >= 15 is 0 Å². The zero-order valence-corrected chi connectivity index (χ0v) is 14.5. The van der Waals surface area contributed by atoms with Crippen molar-refractivity contribution in [3.05, 3.63) is 42.2 Å². The van der Waals surface area contributed by atoms with Gasteiger partial charge in [-0.15, -0.1) is 0 Å². The predicted octanol–water partition coefficient (Wildman–Crippen LogP) is 3.07. The van der Waals surface area contributed by atoms with Crippen LogP contribution in [0.4, 0.5) is 11.8 Å². The number of hydrogen-bond donors (Lipinski definition) is 2. The van der Waals surface area contributed by atoms with Crippen LogP contribution in [-0.2, 0) is 4.74 Å². The maximum Gasteiger partial charge on any atom is 0.339 e. The normalized spacial score (nSPS) is 10.7. The summed E-state index contributed by atoms with van der Waals surface area (Å²) in [5, 5.41) is 7.29. The molecule has 0 bridgehead atoms. The highest BCUT2D eigenvalue weighted by Crippen LogP contribution is 2.25. The molecular weight excluding hydrogens is 318 g/mol. The van der Waals surface area contributed by atoms with Crippen LogP contribution >= 0.6 is 0 Å². The van der Waals surface area contributed by atoms with Gasteiger partial charge in [0.05, 0.1) is 18.2 Å². The minimum atomic E-state index is -0.356. The highest BCUT2D eigenvalue weighted by Gasteiger charge is 2.11. The van der Waals surface area contributed by atoms with Crippen LogP contribution in [0.5, 0.6) is 0 Å². The highest BCUT2D eigenvalue weighted by molar-refractivity contribution is 5.92. The number of nitrogens with one attached hydrogen (secondary N) is 2. The Hall–Kier alpha value is -3.09. The molecule has 0 aliphatic carbocycles. The van der Waals surface area contributed by atoms with E-state index in [2.05, 4.69) is 27.5 Å². The molecule has 3 aromatic rings. The van der Waals surface area contributed by atoms with Gasteiger partial charge < -0.3 is 19.9 Å². The lowest BCUT2D eigenvalue weighted by Gasteiger charge is -2.11. The number of rotatable bonds is 6. The topological polar surface area (TPSA) is 81.1 Å². The first-order valence-electron chi connectivity index (χ1n) is 8.16. The Morgan fingerprint density at radius 2 is 2.12 bits per heavy atom. The monoisotopic (exact) mass is 339 g/mol. The Bertz CT molecular complexity index is 904. The number of esters is 1. The largest absolute Gasteiger partial charge is 0.465 e. The maximum absolute atomic E-state index is 11.6. The average molecular weight is 339 g/mol. The first kappa shape index (κ1) is 16.8. The molecule has 7 nitrogen and oxygen atoms in total. The molecule has 0 saturated carbocycles. The fourth-order valence-corrected chi connectivity index (χ4v) is 2.56. The van der Waals surface area contributed by atoms with E-state index in [1.165, 1.54) is 7.11 Å². The van der Waals surface area contributed by atoms with E-state index in [9.17, 15) is 4.79 Å². The van der Waals surface area contributed by atoms with Crippen molar-refractivity contribution in [1.29, 1.82) is 0 Å². The van der Waals surface area contributed by atoms with Gasteiger partial charge in [0.1, 0.15) is 5.82 Å². The Morgan fingerprint density at radius 3 is 2.84 bits per heavy atom. The van der Waals surface area contributed by atoms with Gasteiger partial charge >= 0.3 is 5.97 Å². The van der Waals surface area contributed by atoms with Crippen LogP contribution in [0.25, 0.3) is 16.6 Å². The van der Waals surface area contributed by atoms with Gasteiger partial charge in [0.15, 0.2) is 0 Å². The molecule has 0 saturated heterocycles. The zero-order chi connectivity index (χ0) is 17.8. The molecule has 25 heavy (non-hydrogen) atoms. The molecule has 0 spiro atoms. The molecule has 0 amide bonds. The van der Waals surface area contributed by atoms with Crippen molar-refractivity contribution in [2.75, 3.05) is 31.3 Å². The van der Waals surface area contributed by atoms with E-state index < -0.39 is 0 Å². The minimum absolute atomic E-state index is 0.356. The number of carbonyl (C=O) groups excluding carboxylic acids is 1. The smallest absolute Gasteiger partial charge is 0.339 e. The van der Waals surface area contributed by atoms with Crippen LogP contribution in [0, 0.1) is 0 Å². The molecule has 3 rings (SSSR count). The molecule has 0 unspecified atom stereocenters. The van der Waals surface area contributed by atoms with Crippen molar-refractivity contribution in [2.24, 2.45) is 0 Å². The molecule has 7 heteroatoms. The average Bonchev–Trinajstić information content (AvgIpc) is 3.14. The van der Waals surface area contributed by atoms with E-state index in [1.807, 2.05) is 29.0 Å². The van der Waals surface area contributed by atoms with Crippen LogP contribution in [0.1, 0.15) is 23.7 Å². The summed E-state index contributed by atoms with van der Waals surface area (Å²) in [4.78, 5) is 20.7. The zero-order valence-electron chi connectivity index (χ0n) is 14.5. The fraction of sp³-hybridized carbons (Fsp3) is 0.278. The van der Waals surface area contributed by atoms with Crippen molar-refractivity contribution >= 4 is 28.6 Å². The Kier molecular flexibility index (Phi) is 4.83. The Labute approximate surface area is 146 Å². The van der Waals surface area contributed by atoms with E-state index in [0.717, 1.165) is 35.4 Å². The first-order valence-corrected chi connectivity index (χ1v) is 8.16. The van der Waals surface area contributed by atoms with Crippen molar-refractivity contribution in [3.8, 4) is 5.69 Å². The summed E-state index contributed by atoms with van der Waals surface area (Å²) in [6, 6.07) is 7.65. The van der Waals surface area contributed by atoms with E-state index in [0.29, 0.717) is 11.5 Å². The molecule has 0 atom stereocenters. The molecule has 0 fully saturated rings. The second-order valence-electron chi connectivity index (χ2n) is 5.57. The molecule has 0 radical (unpaired) electrons. The van der Waals surface area contributed by atoms with E-state index in [4.69, 9.17) is 4.74 Å². The molecule has 2 aromatic heterocycles. The summed E-state index contributed by atoms with van der Waals surface area (Å²) >= 11 is 0. The van der Waals surface area contributed by atoms with Crippen molar-refractivity contribution in [1.82, 2.24) is 14.5 Å². The maximum atomic E-state index is 11.6. The standard InChI is InChI=1S/C18H21N5O2/c1-4-8-20-16-14-6-5-13(10-15(14)21-18(19-2)22-16)23-9-7-12(11-23)17(24)25-3/h5-7,9-11H,4,8H2,1-3H3,(H2,19,20,21,22). The molecule has 130 valence electrons. The number of benzene rings is 1. The number of ether oxygens (including phenoxy) is 1. The Balaban J connectivity index is 2.04. The van der Waals surface area contributed by atoms with Gasteiger partial charge in [0.2, 0.25) is 5.95 Å². The summed E-state index contributed by atoms with van der Waals surface area (Å²) in [6.45, 7) is 2.95. The summed E-state index contributed by atoms with van der Waals surface area (Å²) < 4.78 is 6.62. The van der Waals surface area contributed by atoms with Crippen LogP contribution < -0.4 is 10.6 Å². The third kappa shape index (κ3) is 3.40. The molecule has 1 aromatic carbocycles. The second kappa shape index (κ2) is 7.21. The van der Waals surface area contributed by atoms with E-state index in [1.54, 1.807) is 19.3 Å². The van der Waals surface area contributed by atoms with Crippen LogP contribution in [0.2, 0.25) is 0 Å². The lowest BCUT2D eigenvalue weighted by molar-refractivity contribution is 0.0601. The molecule has 2 N–H and O–H groups in total. The van der Waals surface area contributed by atoms with Gasteiger partial charge in [-0.1, -0.05) is 6.92 Å². The van der Waals surface area contributed by atoms with Crippen LogP contribution in [0.15, 0.2) is 36.7 Å². The fourth-order valence-electron chi connectivity index (χ4n) is 2.56. The van der Waals surface area contributed by atoms with Crippen molar-refractivity contribution in [3.63, 3.8) is 0 Å². The van der Waals surface area contributed by atoms with Gasteiger partial charge in [0.25, 0.3) is 0 Å². The van der Waals surface area contributed by atoms with Crippen LogP contribution in [0.3, 0.4) is 0 Å². The van der Waals surface area contributed by atoms with Gasteiger partial charge in [-0.2, -0.15) is 4.98 Å². The van der Waals surface area contributed by atoms with Gasteiger partial charge in [-0.25, -0.2) is 9.78 Å². The highest BCUT2D eigenvalue weighted by atomic mass is 16.5. The summed E-state index contributed by atoms with van der Waals surface area (Å²) in [5.41, 5.74) is 2.24. The van der Waals surface area contributed by atoms with Gasteiger partial charge in [-0.05, 0) is 30.7 Å². The lowest BCUT2D eigenvalue weighted by Crippen LogP contribution is -2.06. The lowest BCUT2D eigenvalue weighted by atomic mass is 10.2. The number of fused-ring (bicyclic) bond motifs is 1. The molecule has 0 aliphatic heterocycles. The number of carbonyl (C=O) groups is 1. The number of aromatic nitrogens is 3. The second-order valence-corrected chi connectivity index (χ2v) is 5.57. The molecule has 2 heterocycles. The predicted molar refractivity (Wildman–Crippen MR) is 98.5 cm³/mol. The van der Waals surface area contributed by atoms with Gasteiger partial charge in [0, 0.05) is 37.1 Å². The van der Waals surface area contributed by atoms with Crippen molar-refractivity contribution < 1.29 is 9.53 Å². The van der Waals surface area contributed by atoms with Crippen LogP contribution in [-0.4, -0.2) is 41.2 Å². The SMILES string of the molecule is CCCNc1nc(NC)nc2cc(-n3ccc(C(=O)OC)c3)ccc12.